The fourth-order valence-electron chi connectivity index (χ4n) is 3.39. The van der Waals surface area contributed by atoms with Gasteiger partial charge in [0.25, 0.3) is 0 Å². The fraction of sp³-hybridized carbons (Fsp3) is 0.833. The third-order valence-corrected chi connectivity index (χ3v) is 5.44. The second kappa shape index (κ2) is 17.3. The molecule has 0 spiro atoms. The summed E-state index contributed by atoms with van der Waals surface area (Å²) in [5, 5.41) is 2.83. The smallest absolute Gasteiger partial charge is 0.224 e. The first-order chi connectivity index (χ1) is 13.8. The predicted octanol–water partition coefficient (Wildman–Crippen LogP) is 5.34. The zero-order chi connectivity index (χ0) is 22.1. The molecule has 0 saturated heterocycles. The average molecular weight is 410 g/mol. The van der Waals surface area contributed by atoms with E-state index in [9.17, 15) is 19.2 Å². The van der Waals surface area contributed by atoms with Crippen molar-refractivity contribution in [1.29, 1.82) is 0 Å². The Hall–Kier alpha value is -1.52. The van der Waals surface area contributed by atoms with Gasteiger partial charge in [0.05, 0.1) is 6.04 Å². The fourth-order valence-corrected chi connectivity index (χ4v) is 3.39. The second-order valence-electron chi connectivity index (χ2n) is 8.31. The highest BCUT2D eigenvalue weighted by Gasteiger charge is 2.24. The van der Waals surface area contributed by atoms with Crippen molar-refractivity contribution in [3.8, 4) is 0 Å². The molecule has 0 radical (unpaired) electrons. The van der Waals surface area contributed by atoms with Crippen molar-refractivity contribution in [2.24, 2.45) is 5.92 Å². The Labute approximate surface area is 177 Å². The quantitative estimate of drug-likeness (QED) is 0.292. The molecule has 0 aromatic heterocycles. The Balaban J connectivity index is 4.39. The van der Waals surface area contributed by atoms with Crippen molar-refractivity contribution in [2.45, 2.75) is 124 Å². The third kappa shape index (κ3) is 15.0. The third-order valence-electron chi connectivity index (χ3n) is 5.44. The van der Waals surface area contributed by atoms with Crippen LogP contribution in [0, 0.1) is 5.92 Å². The maximum atomic E-state index is 12.7. The first-order valence-electron chi connectivity index (χ1n) is 11.7. The highest BCUT2D eigenvalue weighted by atomic mass is 16.2. The number of carbonyl (C=O) groups is 4. The van der Waals surface area contributed by atoms with Crippen molar-refractivity contribution in [2.75, 3.05) is 0 Å². The molecule has 0 aliphatic rings. The lowest BCUT2D eigenvalue weighted by molar-refractivity contribution is -0.132. The van der Waals surface area contributed by atoms with Gasteiger partial charge >= 0.3 is 0 Å². The molecular formula is C24H43NO4. The maximum Gasteiger partial charge on any atom is 0.224 e. The van der Waals surface area contributed by atoms with Crippen molar-refractivity contribution >= 4 is 23.3 Å². The minimum absolute atomic E-state index is 0.0656. The Kier molecular flexibility index (Phi) is 16.4. The number of nitrogens with one attached hydrogen (secondary N) is 1. The van der Waals surface area contributed by atoms with Crippen LogP contribution in [0.4, 0.5) is 0 Å². The van der Waals surface area contributed by atoms with Crippen LogP contribution in [0.15, 0.2) is 0 Å². The zero-order valence-corrected chi connectivity index (χ0v) is 19.2. The van der Waals surface area contributed by atoms with E-state index in [4.69, 9.17) is 0 Å². The van der Waals surface area contributed by atoms with Gasteiger partial charge in [-0.1, -0.05) is 58.8 Å². The topological polar surface area (TPSA) is 80.3 Å². The molecule has 5 nitrogen and oxygen atoms in total. The van der Waals surface area contributed by atoms with E-state index in [0.717, 1.165) is 38.5 Å². The van der Waals surface area contributed by atoms with Gasteiger partial charge in [0.1, 0.15) is 11.6 Å². The number of rotatable bonds is 19. The number of hydrogen-bond acceptors (Lipinski definition) is 4. The van der Waals surface area contributed by atoms with Gasteiger partial charge in [0.15, 0.2) is 5.78 Å². The number of Topliss-reactive ketones (excluding diaryl/α,β-unsaturated/α-hetero) is 3. The van der Waals surface area contributed by atoms with Gasteiger partial charge in [-0.3, -0.25) is 14.4 Å². The van der Waals surface area contributed by atoms with E-state index < -0.39 is 6.04 Å². The van der Waals surface area contributed by atoms with Gasteiger partial charge in [-0.15, -0.1) is 0 Å². The van der Waals surface area contributed by atoms with Crippen LogP contribution in [0.2, 0.25) is 0 Å². The molecule has 0 aromatic rings. The van der Waals surface area contributed by atoms with Crippen LogP contribution < -0.4 is 5.32 Å². The summed E-state index contributed by atoms with van der Waals surface area (Å²) in [5.74, 6) is -0.264. The molecule has 1 amide bonds. The molecule has 0 heterocycles. The minimum Gasteiger partial charge on any atom is -0.346 e. The van der Waals surface area contributed by atoms with Crippen molar-refractivity contribution in [3.05, 3.63) is 0 Å². The monoisotopic (exact) mass is 409 g/mol. The van der Waals surface area contributed by atoms with Gasteiger partial charge in [-0.25, -0.2) is 0 Å². The molecule has 5 heteroatoms. The molecule has 168 valence electrons. The van der Waals surface area contributed by atoms with E-state index in [2.05, 4.69) is 12.2 Å². The molecule has 0 aromatic carbocycles. The van der Waals surface area contributed by atoms with E-state index in [1.807, 2.05) is 0 Å². The Morgan fingerprint density at radius 1 is 0.793 bits per heavy atom. The lowest BCUT2D eigenvalue weighted by Crippen LogP contribution is -2.42. The van der Waals surface area contributed by atoms with E-state index in [0.29, 0.717) is 25.7 Å². The molecular weight excluding hydrogens is 366 g/mol. The molecule has 2 unspecified atom stereocenters. The summed E-state index contributed by atoms with van der Waals surface area (Å²) in [6.45, 7) is 7.31. The zero-order valence-electron chi connectivity index (χ0n) is 19.2. The molecule has 29 heavy (non-hydrogen) atoms. The Morgan fingerprint density at radius 2 is 1.38 bits per heavy atom. The summed E-state index contributed by atoms with van der Waals surface area (Å²) in [4.78, 5) is 47.9. The lowest BCUT2D eigenvalue weighted by atomic mass is 9.93. The summed E-state index contributed by atoms with van der Waals surface area (Å²) in [6.07, 6.45) is 11.6. The van der Waals surface area contributed by atoms with E-state index in [-0.39, 0.29) is 35.6 Å². The summed E-state index contributed by atoms with van der Waals surface area (Å²) in [5.41, 5.74) is 0. The number of amides is 1. The molecule has 0 aliphatic carbocycles. The van der Waals surface area contributed by atoms with Gasteiger partial charge in [-0.05, 0) is 33.1 Å². The average Bonchev–Trinajstić information content (AvgIpc) is 2.68. The summed E-state index contributed by atoms with van der Waals surface area (Å²) < 4.78 is 0. The molecule has 0 aliphatic heterocycles. The van der Waals surface area contributed by atoms with E-state index in [1.165, 1.54) is 19.3 Å². The number of ketones is 3. The van der Waals surface area contributed by atoms with Crippen LogP contribution >= 0.6 is 0 Å². The van der Waals surface area contributed by atoms with Gasteiger partial charge < -0.3 is 10.1 Å². The van der Waals surface area contributed by atoms with Crippen molar-refractivity contribution < 1.29 is 19.2 Å². The summed E-state index contributed by atoms with van der Waals surface area (Å²) in [7, 11) is 0. The number of carbonyl (C=O) groups excluding carboxylic acids is 4. The first-order valence-corrected chi connectivity index (χ1v) is 11.7. The van der Waals surface area contributed by atoms with Crippen LogP contribution in [0.5, 0.6) is 0 Å². The van der Waals surface area contributed by atoms with Gasteiger partial charge in [0, 0.05) is 31.6 Å². The van der Waals surface area contributed by atoms with Crippen LogP contribution in [0.3, 0.4) is 0 Å². The van der Waals surface area contributed by atoms with Gasteiger partial charge in [0.2, 0.25) is 5.91 Å². The van der Waals surface area contributed by atoms with E-state index in [1.54, 1.807) is 20.8 Å². The minimum atomic E-state index is -0.505. The standard InChI is InChI=1S/C24H43NO4/c1-5-7-8-9-10-14-17-23(28)20(4)25-24(29)21(18-22(27)6-2)16-13-11-12-15-19(3)26/h20-21H,5-18H2,1-4H3,(H,25,29). The predicted molar refractivity (Wildman–Crippen MR) is 118 cm³/mol. The maximum absolute atomic E-state index is 12.7. The normalized spacial score (nSPS) is 13.0. The first kappa shape index (κ1) is 27.5. The van der Waals surface area contributed by atoms with Crippen molar-refractivity contribution in [3.63, 3.8) is 0 Å². The Bertz CT molecular complexity index is 501. The van der Waals surface area contributed by atoms with Gasteiger partial charge in [-0.2, -0.15) is 0 Å². The number of unbranched alkanes of at least 4 members (excludes halogenated alkanes) is 7. The van der Waals surface area contributed by atoms with E-state index >= 15 is 0 Å². The SMILES string of the molecule is CCCCCCCCC(=O)C(C)NC(=O)C(CCCCCC(C)=O)CC(=O)CC. The molecule has 0 fully saturated rings. The lowest BCUT2D eigenvalue weighted by Gasteiger charge is -2.19. The van der Waals surface area contributed by atoms with Crippen LogP contribution in [-0.4, -0.2) is 29.3 Å². The molecule has 1 N–H and O–H groups in total. The highest BCUT2D eigenvalue weighted by Crippen LogP contribution is 2.17. The number of hydrogen-bond donors (Lipinski definition) is 1. The summed E-state index contributed by atoms with van der Waals surface area (Å²) >= 11 is 0. The van der Waals surface area contributed by atoms with Crippen LogP contribution in [-0.2, 0) is 19.2 Å². The van der Waals surface area contributed by atoms with Crippen LogP contribution in [0.25, 0.3) is 0 Å². The van der Waals surface area contributed by atoms with Crippen LogP contribution in [0.1, 0.15) is 118 Å². The largest absolute Gasteiger partial charge is 0.346 e. The highest BCUT2D eigenvalue weighted by molar-refractivity contribution is 5.91. The molecule has 0 saturated carbocycles. The molecule has 0 rings (SSSR count). The Morgan fingerprint density at radius 3 is 2.00 bits per heavy atom. The summed E-state index contributed by atoms with van der Waals surface area (Å²) in [6, 6.07) is -0.505. The molecule has 0 bridgehead atoms. The second-order valence-corrected chi connectivity index (χ2v) is 8.31. The molecule has 2 atom stereocenters. The van der Waals surface area contributed by atoms with Crippen molar-refractivity contribution in [1.82, 2.24) is 5.32 Å².